The normalized spacial score (nSPS) is 8.89. The molecule has 0 aliphatic heterocycles. The number of hydrogen-bond donors (Lipinski definition) is 1. The second-order valence-electron chi connectivity index (χ2n) is 3.24. The molecular formula is C14H22N2O2. The maximum absolute atomic E-state index is 11.6. The number of nitrogens with zero attached hydrogens (tertiary/aromatic N) is 1. The number of carbonyl (C=O) groups is 1. The zero-order valence-electron chi connectivity index (χ0n) is 11.6. The Morgan fingerprint density at radius 3 is 2.67 bits per heavy atom. The first-order chi connectivity index (χ1) is 8.72. The maximum atomic E-state index is 11.6. The maximum Gasteiger partial charge on any atom is 0.269 e. The molecule has 4 heteroatoms. The molecule has 0 saturated heterocycles. The molecule has 1 heterocycles. The molecule has 1 aromatic rings. The number of hydrogen-bond acceptors (Lipinski definition) is 3. The molecule has 0 atom stereocenters. The highest BCUT2D eigenvalue weighted by molar-refractivity contribution is 5.92. The third-order valence-electron chi connectivity index (χ3n) is 2.07. The smallest absolute Gasteiger partial charge is 0.269 e. The molecule has 0 aromatic carbocycles. The van der Waals surface area contributed by atoms with Crippen LogP contribution in [0.1, 0.15) is 43.4 Å². The van der Waals surface area contributed by atoms with E-state index in [9.17, 15) is 4.79 Å². The zero-order chi connectivity index (χ0) is 14.0. The summed E-state index contributed by atoms with van der Waals surface area (Å²) >= 11 is 0. The van der Waals surface area contributed by atoms with Crippen molar-refractivity contribution in [1.82, 2.24) is 10.3 Å². The topological polar surface area (TPSA) is 51.2 Å². The first-order valence-electron chi connectivity index (χ1n) is 6.18. The molecule has 0 radical (unpaired) electrons. The lowest BCUT2D eigenvalue weighted by Gasteiger charge is -2.07. The lowest BCUT2D eigenvalue weighted by molar-refractivity contribution is 0.0948. The Labute approximate surface area is 109 Å². The molecule has 0 fully saturated rings. The van der Waals surface area contributed by atoms with Crippen LogP contribution in [0.4, 0.5) is 0 Å². The number of aromatic nitrogens is 1. The molecule has 0 saturated carbocycles. The summed E-state index contributed by atoms with van der Waals surface area (Å²) in [5.41, 5.74) is 0.954. The highest BCUT2D eigenvalue weighted by Crippen LogP contribution is 2.17. The number of rotatable bonds is 5. The molecule has 0 aliphatic carbocycles. The van der Waals surface area contributed by atoms with Crippen LogP contribution < -0.4 is 10.1 Å². The second-order valence-corrected chi connectivity index (χ2v) is 3.24. The average molecular weight is 250 g/mol. The van der Waals surface area contributed by atoms with Crippen LogP contribution >= 0.6 is 0 Å². The number of methoxy groups -OCH3 is 1. The molecule has 18 heavy (non-hydrogen) atoms. The highest BCUT2D eigenvalue weighted by atomic mass is 16.5. The SMILES string of the molecule is C=Cc1nc(C(=O)NCCC)ccc1OC.CC. The van der Waals surface area contributed by atoms with Crippen LogP contribution in [0.5, 0.6) is 5.75 Å². The summed E-state index contributed by atoms with van der Waals surface area (Å²) in [6.07, 6.45) is 2.46. The van der Waals surface area contributed by atoms with Crippen molar-refractivity contribution in [1.29, 1.82) is 0 Å². The number of pyridine rings is 1. The average Bonchev–Trinajstić information content (AvgIpc) is 2.45. The third-order valence-corrected chi connectivity index (χ3v) is 2.07. The Hall–Kier alpha value is -1.84. The Morgan fingerprint density at radius 2 is 2.17 bits per heavy atom. The number of carbonyl (C=O) groups excluding carboxylic acids is 1. The fourth-order valence-electron chi connectivity index (χ4n) is 1.24. The van der Waals surface area contributed by atoms with Gasteiger partial charge in [0.15, 0.2) is 0 Å². The molecule has 1 aromatic heterocycles. The van der Waals surface area contributed by atoms with Crippen LogP contribution in [0.3, 0.4) is 0 Å². The van der Waals surface area contributed by atoms with Crippen molar-refractivity contribution >= 4 is 12.0 Å². The first kappa shape index (κ1) is 16.2. The molecule has 1 N–H and O–H groups in total. The second kappa shape index (κ2) is 9.22. The van der Waals surface area contributed by atoms with Gasteiger partial charge >= 0.3 is 0 Å². The molecule has 1 amide bonds. The van der Waals surface area contributed by atoms with E-state index in [1.54, 1.807) is 25.3 Å². The van der Waals surface area contributed by atoms with Gasteiger partial charge in [-0.05, 0) is 24.6 Å². The van der Waals surface area contributed by atoms with E-state index in [1.807, 2.05) is 20.8 Å². The van der Waals surface area contributed by atoms with E-state index >= 15 is 0 Å². The van der Waals surface area contributed by atoms with E-state index in [2.05, 4.69) is 16.9 Å². The van der Waals surface area contributed by atoms with Crippen molar-refractivity contribution < 1.29 is 9.53 Å². The van der Waals surface area contributed by atoms with Crippen LogP contribution in [0.25, 0.3) is 6.08 Å². The predicted molar refractivity (Wildman–Crippen MR) is 74.9 cm³/mol. The van der Waals surface area contributed by atoms with Crippen molar-refractivity contribution in [2.45, 2.75) is 27.2 Å². The van der Waals surface area contributed by atoms with E-state index < -0.39 is 0 Å². The van der Waals surface area contributed by atoms with E-state index in [4.69, 9.17) is 4.74 Å². The molecule has 1 rings (SSSR count). The minimum atomic E-state index is -0.174. The van der Waals surface area contributed by atoms with Crippen molar-refractivity contribution in [2.24, 2.45) is 0 Å². The van der Waals surface area contributed by atoms with Gasteiger partial charge in [0.25, 0.3) is 5.91 Å². The van der Waals surface area contributed by atoms with E-state index in [-0.39, 0.29) is 5.91 Å². The molecule has 0 spiro atoms. The quantitative estimate of drug-likeness (QED) is 0.874. The summed E-state index contributed by atoms with van der Waals surface area (Å²) in [5, 5.41) is 2.76. The minimum Gasteiger partial charge on any atom is -0.494 e. The van der Waals surface area contributed by atoms with Crippen LogP contribution in [-0.2, 0) is 0 Å². The summed E-state index contributed by atoms with van der Waals surface area (Å²) in [6.45, 7) is 10.3. The Morgan fingerprint density at radius 1 is 1.50 bits per heavy atom. The van der Waals surface area contributed by atoms with Crippen molar-refractivity contribution in [3.63, 3.8) is 0 Å². The molecular weight excluding hydrogens is 228 g/mol. The molecule has 0 aliphatic rings. The number of nitrogens with one attached hydrogen (secondary N) is 1. The molecule has 100 valence electrons. The highest BCUT2D eigenvalue weighted by Gasteiger charge is 2.09. The third kappa shape index (κ3) is 4.57. The van der Waals surface area contributed by atoms with Gasteiger partial charge in [0.2, 0.25) is 0 Å². The van der Waals surface area contributed by atoms with Gasteiger partial charge in [-0.3, -0.25) is 4.79 Å². The van der Waals surface area contributed by atoms with Gasteiger partial charge in [-0.25, -0.2) is 4.98 Å². The summed E-state index contributed by atoms with van der Waals surface area (Å²) in [6, 6.07) is 3.35. The number of ether oxygens (including phenoxy) is 1. The Bertz CT molecular complexity index is 389. The minimum absolute atomic E-state index is 0.174. The molecule has 0 bridgehead atoms. The van der Waals surface area contributed by atoms with Crippen molar-refractivity contribution in [3.8, 4) is 5.75 Å². The summed E-state index contributed by atoms with van der Waals surface area (Å²) in [5.74, 6) is 0.439. The monoisotopic (exact) mass is 250 g/mol. The van der Waals surface area contributed by atoms with Gasteiger partial charge in [0.1, 0.15) is 17.1 Å². The summed E-state index contributed by atoms with van der Waals surface area (Å²) in [4.78, 5) is 15.8. The van der Waals surface area contributed by atoms with Crippen molar-refractivity contribution in [2.75, 3.05) is 13.7 Å². The Kier molecular flexibility index (Phi) is 8.27. The van der Waals surface area contributed by atoms with Gasteiger partial charge < -0.3 is 10.1 Å². The zero-order valence-corrected chi connectivity index (χ0v) is 11.6. The van der Waals surface area contributed by atoms with Gasteiger partial charge in [-0.1, -0.05) is 27.4 Å². The van der Waals surface area contributed by atoms with E-state index in [0.717, 1.165) is 6.42 Å². The molecule has 0 unspecified atom stereocenters. The van der Waals surface area contributed by atoms with Gasteiger partial charge in [0, 0.05) is 6.54 Å². The lowest BCUT2D eigenvalue weighted by atomic mass is 10.2. The van der Waals surface area contributed by atoms with Crippen LogP contribution in [0, 0.1) is 0 Å². The molecule has 4 nitrogen and oxygen atoms in total. The first-order valence-corrected chi connectivity index (χ1v) is 6.18. The predicted octanol–water partition coefficient (Wildman–Crippen LogP) is 2.90. The van der Waals surface area contributed by atoms with Gasteiger partial charge in [-0.2, -0.15) is 0 Å². The van der Waals surface area contributed by atoms with Gasteiger partial charge in [-0.15, -0.1) is 0 Å². The summed E-state index contributed by atoms with van der Waals surface area (Å²) < 4.78 is 5.09. The number of amides is 1. The largest absolute Gasteiger partial charge is 0.494 e. The lowest BCUT2D eigenvalue weighted by Crippen LogP contribution is -2.25. The fraction of sp³-hybridized carbons (Fsp3) is 0.429. The van der Waals surface area contributed by atoms with Gasteiger partial charge in [0.05, 0.1) is 7.11 Å². The summed E-state index contributed by atoms with van der Waals surface area (Å²) in [7, 11) is 1.56. The van der Waals surface area contributed by atoms with Crippen LogP contribution in [-0.4, -0.2) is 24.5 Å². The van der Waals surface area contributed by atoms with E-state index in [0.29, 0.717) is 23.7 Å². The standard InChI is InChI=1S/C12H16N2O2.C2H6/c1-4-8-13-12(15)10-6-7-11(16-3)9(5-2)14-10;1-2/h5-7H,2,4,8H2,1,3H3,(H,13,15);1-2H3. The Balaban J connectivity index is 0.00000137. The fourth-order valence-corrected chi connectivity index (χ4v) is 1.24. The van der Waals surface area contributed by atoms with Crippen molar-refractivity contribution in [3.05, 3.63) is 30.1 Å². The van der Waals surface area contributed by atoms with E-state index in [1.165, 1.54) is 0 Å². The van der Waals surface area contributed by atoms with Crippen LogP contribution in [0.2, 0.25) is 0 Å². The van der Waals surface area contributed by atoms with Crippen LogP contribution in [0.15, 0.2) is 18.7 Å².